The maximum atomic E-state index is 12.5. The molecule has 0 radical (unpaired) electrons. The Bertz CT molecular complexity index is 1000. The number of piperidine rings is 1. The average molecular weight is 466 g/mol. The van der Waals surface area contributed by atoms with Gasteiger partial charge in [0.05, 0.1) is 18.8 Å². The molecule has 4 rings (SSSR count). The second kappa shape index (κ2) is 10.8. The van der Waals surface area contributed by atoms with Crippen LogP contribution in [0.3, 0.4) is 0 Å². The lowest BCUT2D eigenvalue weighted by Gasteiger charge is -2.41. The number of hydrogen-bond acceptors (Lipinski definition) is 5. The van der Waals surface area contributed by atoms with E-state index in [9.17, 15) is 9.59 Å². The number of benzene rings is 2. The minimum atomic E-state index is -0.298. The van der Waals surface area contributed by atoms with Crippen LogP contribution < -0.4 is 19.7 Å². The SMILES string of the molecule is CCCOc1ccccc1CN1CCC2(CCN(C(=O)CNC(C)=O)CC2)Oc2ccccc21. The van der Waals surface area contributed by atoms with E-state index < -0.39 is 0 Å². The van der Waals surface area contributed by atoms with Crippen molar-refractivity contribution in [2.24, 2.45) is 0 Å². The Labute approximate surface area is 202 Å². The van der Waals surface area contributed by atoms with Gasteiger partial charge in [-0.05, 0) is 24.6 Å². The molecule has 1 fully saturated rings. The third-order valence-electron chi connectivity index (χ3n) is 6.68. The zero-order valence-electron chi connectivity index (χ0n) is 20.2. The number of likely N-dealkylation sites (tertiary alicyclic amines) is 1. The van der Waals surface area contributed by atoms with Crippen molar-refractivity contribution in [2.75, 3.05) is 37.7 Å². The topological polar surface area (TPSA) is 71.1 Å². The lowest BCUT2D eigenvalue weighted by molar-refractivity contribution is -0.135. The van der Waals surface area contributed by atoms with Gasteiger partial charge >= 0.3 is 0 Å². The molecule has 34 heavy (non-hydrogen) atoms. The number of ether oxygens (including phenoxy) is 2. The normalized spacial score (nSPS) is 16.9. The van der Waals surface area contributed by atoms with Gasteiger partial charge < -0.3 is 24.6 Å². The second-order valence-electron chi connectivity index (χ2n) is 9.17. The van der Waals surface area contributed by atoms with Crippen molar-refractivity contribution in [1.29, 1.82) is 0 Å². The third-order valence-corrected chi connectivity index (χ3v) is 6.68. The van der Waals surface area contributed by atoms with Crippen molar-refractivity contribution in [3.63, 3.8) is 0 Å². The van der Waals surface area contributed by atoms with Crippen molar-refractivity contribution in [3.05, 3.63) is 54.1 Å². The maximum Gasteiger partial charge on any atom is 0.241 e. The van der Waals surface area contributed by atoms with Crippen molar-refractivity contribution in [2.45, 2.75) is 51.7 Å². The number of para-hydroxylation sites is 3. The van der Waals surface area contributed by atoms with E-state index in [0.29, 0.717) is 19.7 Å². The highest BCUT2D eigenvalue weighted by atomic mass is 16.5. The molecule has 0 aliphatic carbocycles. The van der Waals surface area contributed by atoms with Gasteiger partial charge in [0.15, 0.2) is 0 Å². The lowest BCUT2D eigenvalue weighted by Crippen LogP contribution is -2.52. The first kappa shape index (κ1) is 23.9. The number of anilines is 1. The average Bonchev–Trinajstić information content (AvgIpc) is 2.99. The molecule has 7 heteroatoms. The number of amides is 2. The predicted octanol–water partition coefficient (Wildman–Crippen LogP) is 3.76. The number of hydrogen-bond donors (Lipinski definition) is 1. The fourth-order valence-corrected chi connectivity index (χ4v) is 4.73. The Morgan fingerprint density at radius 2 is 1.74 bits per heavy atom. The van der Waals surface area contributed by atoms with Crippen LogP contribution in [0.4, 0.5) is 5.69 Å². The van der Waals surface area contributed by atoms with Gasteiger partial charge in [-0.1, -0.05) is 37.3 Å². The zero-order chi connectivity index (χ0) is 24.0. The first-order chi connectivity index (χ1) is 16.5. The summed E-state index contributed by atoms with van der Waals surface area (Å²) in [5, 5.41) is 2.60. The van der Waals surface area contributed by atoms with E-state index in [1.54, 1.807) is 0 Å². The predicted molar refractivity (Wildman–Crippen MR) is 132 cm³/mol. The Morgan fingerprint density at radius 1 is 1.03 bits per heavy atom. The molecule has 0 saturated carbocycles. The quantitative estimate of drug-likeness (QED) is 0.674. The molecule has 2 aliphatic rings. The number of carbonyl (C=O) groups is 2. The van der Waals surface area contributed by atoms with E-state index in [1.165, 1.54) is 12.5 Å². The molecule has 2 aromatic rings. The molecular weight excluding hydrogens is 430 g/mol. The lowest BCUT2D eigenvalue weighted by atomic mass is 9.87. The summed E-state index contributed by atoms with van der Waals surface area (Å²) in [7, 11) is 0. The van der Waals surface area contributed by atoms with Crippen molar-refractivity contribution < 1.29 is 19.1 Å². The summed E-state index contributed by atoms with van der Waals surface area (Å²) in [5.74, 6) is 1.61. The summed E-state index contributed by atoms with van der Waals surface area (Å²) in [6, 6.07) is 16.5. The minimum Gasteiger partial charge on any atom is -0.493 e. The standard InChI is InChI=1S/C27H35N3O4/c1-3-18-33-24-10-6-4-8-22(24)20-30-17-14-27(34-25-11-7-5-9-23(25)30)12-15-29(16-13-27)26(32)19-28-21(2)31/h4-11H,3,12-20H2,1-2H3,(H,28,31). The van der Waals surface area contributed by atoms with Crippen LogP contribution in [-0.4, -0.2) is 55.1 Å². The van der Waals surface area contributed by atoms with Crippen molar-refractivity contribution in [1.82, 2.24) is 10.2 Å². The molecule has 1 spiro atoms. The van der Waals surface area contributed by atoms with Crippen LogP contribution in [0.5, 0.6) is 11.5 Å². The molecule has 1 saturated heterocycles. The van der Waals surface area contributed by atoms with Gasteiger partial charge in [-0.15, -0.1) is 0 Å². The van der Waals surface area contributed by atoms with E-state index in [0.717, 1.165) is 56.0 Å². The van der Waals surface area contributed by atoms with E-state index in [-0.39, 0.29) is 24.0 Å². The molecular formula is C27H35N3O4. The highest BCUT2D eigenvalue weighted by Gasteiger charge is 2.40. The Morgan fingerprint density at radius 3 is 2.50 bits per heavy atom. The van der Waals surface area contributed by atoms with Crippen LogP contribution >= 0.6 is 0 Å². The first-order valence-electron chi connectivity index (χ1n) is 12.3. The van der Waals surface area contributed by atoms with Crippen LogP contribution in [0.25, 0.3) is 0 Å². The fourth-order valence-electron chi connectivity index (χ4n) is 4.73. The summed E-state index contributed by atoms with van der Waals surface area (Å²) in [5.41, 5.74) is 1.96. The van der Waals surface area contributed by atoms with Crippen LogP contribution in [0.2, 0.25) is 0 Å². The van der Waals surface area contributed by atoms with Gasteiger partial charge in [-0.2, -0.15) is 0 Å². The highest BCUT2D eigenvalue weighted by molar-refractivity contribution is 5.83. The third kappa shape index (κ3) is 5.64. The second-order valence-corrected chi connectivity index (χ2v) is 9.17. The summed E-state index contributed by atoms with van der Waals surface area (Å²) in [6.45, 7) is 7.17. The molecule has 182 valence electrons. The van der Waals surface area contributed by atoms with Gasteiger partial charge in [0.25, 0.3) is 0 Å². The molecule has 1 N–H and O–H groups in total. The molecule has 7 nitrogen and oxygen atoms in total. The molecule has 2 heterocycles. The largest absolute Gasteiger partial charge is 0.493 e. The number of nitrogens with one attached hydrogen (secondary N) is 1. The maximum absolute atomic E-state index is 12.5. The Kier molecular flexibility index (Phi) is 7.60. The van der Waals surface area contributed by atoms with Gasteiger partial charge in [-0.25, -0.2) is 0 Å². The molecule has 0 unspecified atom stereocenters. The van der Waals surface area contributed by atoms with Crippen molar-refractivity contribution >= 4 is 17.5 Å². The summed E-state index contributed by atoms with van der Waals surface area (Å²) < 4.78 is 12.7. The smallest absolute Gasteiger partial charge is 0.241 e. The van der Waals surface area contributed by atoms with Crippen molar-refractivity contribution in [3.8, 4) is 11.5 Å². The van der Waals surface area contributed by atoms with E-state index >= 15 is 0 Å². The number of nitrogens with zero attached hydrogens (tertiary/aromatic N) is 2. The summed E-state index contributed by atoms with van der Waals surface area (Å²) in [6.07, 6.45) is 3.41. The first-order valence-corrected chi connectivity index (χ1v) is 12.3. The van der Waals surface area contributed by atoms with Crippen LogP contribution in [-0.2, 0) is 16.1 Å². The van der Waals surface area contributed by atoms with E-state index in [4.69, 9.17) is 9.47 Å². The molecule has 0 atom stereocenters. The van der Waals surface area contributed by atoms with Crippen LogP contribution in [0, 0.1) is 0 Å². The summed E-state index contributed by atoms with van der Waals surface area (Å²) >= 11 is 0. The molecule has 2 amide bonds. The van der Waals surface area contributed by atoms with Gasteiger partial charge in [-0.3, -0.25) is 9.59 Å². The van der Waals surface area contributed by atoms with Crippen LogP contribution in [0.1, 0.15) is 45.1 Å². The summed E-state index contributed by atoms with van der Waals surface area (Å²) in [4.78, 5) is 27.8. The monoisotopic (exact) mass is 465 g/mol. The van der Waals surface area contributed by atoms with Gasteiger partial charge in [0.1, 0.15) is 17.1 Å². The zero-order valence-corrected chi connectivity index (χ0v) is 20.2. The van der Waals surface area contributed by atoms with E-state index in [1.807, 2.05) is 29.2 Å². The van der Waals surface area contributed by atoms with E-state index in [2.05, 4.69) is 41.4 Å². The van der Waals surface area contributed by atoms with Crippen LogP contribution in [0.15, 0.2) is 48.5 Å². The van der Waals surface area contributed by atoms with Gasteiger partial charge in [0, 0.05) is 57.9 Å². The van der Waals surface area contributed by atoms with Gasteiger partial charge in [0.2, 0.25) is 11.8 Å². The highest BCUT2D eigenvalue weighted by Crippen LogP contribution is 2.41. The Hall–Kier alpha value is -3.22. The number of rotatable bonds is 7. The number of carbonyl (C=O) groups excluding carboxylic acids is 2. The number of fused-ring (bicyclic) bond motifs is 1. The molecule has 2 aromatic carbocycles. The molecule has 2 aliphatic heterocycles. The molecule has 0 bridgehead atoms. The molecule has 0 aromatic heterocycles. The Balaban J connectivity index is 1.48. The minimum absolute atomic E-state index is 0.0376. The fraction of sp³-hybridized carbons (Fsp3) is 0.481.